The molecule has 0 fully saturated rings. The van der Waals surface area contributed by atoms with Crippen molar-refractivity contribution in [1.29, 1.82) is 0 Å². The van der Waals surface area contributed by atoms with E-state index < -0.39 is 0 Å². The summed E-state index contributed by atoms with van der Waals surface area (Å²) in [5.74, 6) is 0. The van der Waals surface area contributed by atoms with Crippen LogP contribution in [-0.4, -0.2) is 29.6 Å². The van der Waals surface area contributed by atoms with Gasteiger partial charge in [-0.1, -0.05) is 0 Å². The van der Waals surface area contributed by atoms with Crippen molar-refractivity contribution in [3.8, 4) is 0 Å². The first kappa shape index (κ1) is 27.7. The van der Waals surface area contributed by atoms with E-state index in [-0.39, 0.29) is 98.5 Å². The molecule has 0 aromatic rings. The molecule has 0 saturated carbocycles. The van der Waals surface area contributed by atoms with E-state index >= 15 is 0 Å². The summed E-state index contributed by atoms with van der Waals surface area (Å²) in [5, 5.41) is 0. The van der Waals surface area contributed by atoms with Crippen molar-refractivity contribution in [2.75, 3.05) is 0 Å². The molecule has 0 heterocycles. The Bertz CT molecular complexity index is 8.00. The molecular formula is HCeNaOTi. The fourth-order valence-corrected chi connectivity index (χ4v) is 0. The molecule has 0 N–H and O–H groups in total. The van der Waals surface area contributed by atoms with Crippen LogP contribution in [0, 0.1) is 41.7 Å². The minimum absolute atomic E-state index is 0. The summed E-state index contributed by atoms with van der Waals surface area (Å²) in [6.07, 6.45) is 0. The van der Waals surface area contributed by atoms with Crippen molar-refractivity contribution >= 4 is 29.6 Å². The van der Waals surface area contributed by atoms with Crippen LogP contribution in [0.4, 0.5) is 0 Å². The van der Waals surface area contributed by atoms with Gasteiger partial charge in [-0.3, -0.25) is 0 Å². The molecule has 4 heteroatoms. The molecule has 0 amide bonds. The Hall–Kier alpha value is 3.05. The van der Waals surface area contributed by atoms with Crippen LogP contribution in [0.25, 0.3) is 0 Å². The first-order valence-corrected chi connectivity index (χ1v) is 0. The van der Waals surface area contributed by atoms with Crippen LogP contribution in [0.2, 0.25) is 0 Å². The normalized spacial score (nSPS) is 0. The van der Waals surface area contributed by atoms with E-state index in [2.05, 4.69) is 0 Å². The molecule has 1 nitrogen and oxygen atoms in total. The fourth-order valence-electron chi connectivity index (χ4n) is 0. The third kappa shape index (κ3) is 8.90. The first-order valence-electron chi connectivity index (χ1n) is 0. The molecule has 0 aromatic heterocycles. The quantitative estimate of drug-likeness (QED) is 0.487. The van der Waals surface area contributed by atoms with Gasteiger partial charge in [-0.15, -0.1) is 0 Å². The molecule has 0 aliphatic rings. The number of rotatable bonds is 0. The van der Waals surface area contributed by atoms with E-state index in [9.17, 15) is 0 Å². The van der Waals surface area contributed by atoms with Gasteiger partial charge in [0.2, 0.25) is 0 Å². The maximum absolute atomic E-state index is 0. The van der Waals surface area contributed by atoms with Crippen LogP contribution in [0.3, 0.4) is 0 Å². The van der Waals surface area contributed by atoms with Gasteiger partial charge in [-0.25, -0.2) is 0 Å². The van der Waals surface area contributed by atoms with E-state index in [0.29, 0.717) is 0 Å². The summed E-state index contributed by atoms with van der Waals surface area (Å²) in [7, 11) is 0. The second kappa shape index (κ2) is 16.6. The molecule has 0 saturated heterocycles. The van der Waals surface area contributed by atoms with Crippen molar-refractivity contribution < 1.29 is 68.9 Å². The minimum Gasteiger partial charge on any atom is 0 e. The molecule has 2 radical (unpaired) electrons. The summed E-state index contributed by atoms with van der Waals surface area (Å²) in [5.41, 5.74) is 0. The molecule has 0 bridgehead atoms. The smallest absolute Gasteiger partial charge is 0 e. The molecule has 0 aliphatic heterocycles. The Kier molecular flexibility index (Phi) is 115. The van der Waals surface area contributed by atoms with Crippen LogP contribution < -0.4 is 0 Å². The van der Waals surface area contributed by atoms with Gasteiger partial charge < -0.3 is 0 Å². The number of hydrogen-bond acceptors (Lipinski definition) is 0. The van der Waals surface area contributed by atoms with Gasteiger partial charge in [0.1, 0.15) is 0 Å². The van der Waals surface area contributed by atoms with Crippen molar-refractivity contribution in [3.05, 3.63) is 0 Å². The van der Waals surface area contributed by atoms with Crippen molar-refractivity contribution in [3.63, 3.8) is 0 Å². The van der Waals surface area contributed by atoms with E-state index in [1.54, 1.807) is 0 Å². The average molecular weight is 228 g/mol. The maximum atomic E-state index is 0. The molecule has 0 unspecified atom stereocenters. The predicted molar refractivity (Wildman–Crippen MR) is 7.84 cm³/mol. The van der Waals surface area contributed by atoms with Crippen LogP contribution in [-0.2, 0) is 27.2 Å². The third-order valence-corrected chi connectivity index (χ3v) is 0. The Morgan fingerprint density at radius 2 is 1.00 bits per heavy atom. The summed E-state index contributed by atoms with van der Waals surface area (Å²) < 4.78 is 0. The van der Waals surface area contributed by atoms with E-state index in [4.69, 9.17) is 0 Å². The SMILES string of the molecule is [Ce].[NaH].[O].[Ti]. The Morgan fingerprint density at radius 3 is 1.00 bits per heavy atom. The fraction of sp³-hybridized carbons (Fsp3) is 0. The second-order valence-corrected chi connectivity index (χ2v) is 0. The van der Waals surface area contributed by atoms with E-state index in [0.717, 1.165) is 0 Å². The molecule has 4 heavy (non-hydrogen) atoms. The van der Waals surface area contributed by atoms with Crippen LogP contribution >= 0.6 is 0 Å². The Labute approximate surface area is 96.2 Å². The zero-order valence-corrected chi connectivity index (χ0v) is 6.11. The van der Waals surface area contributed by atoms with Gasteiger partial charge in [0.15, 0.2) is 0 Å². The molecular weight excluding hydrogens is 227 g/mol. The summed E-state index contributed by atoms with van der Waals surface area (Å²) in [6.45, 7) is 0. The molecule has 0 atom stereocenters. The van der Waals surface area contributed by atoms with Crippen molar-refractivity contribution in [1.82, 2.24) is 0 Å². The Morgan fingerprint density at radius 1 is 1.00 bits per heavy atom. The predicted octanol–water partition coefficient (Wildman–Crippen LogP) is -0.770. The summed E-state index contributed by atoms with van der Waals surface area (Å²) in [6, 6.07) is 0. The summed E-state index contributed by atoms with van der Waals surface area (Å²) >= 11 is 0. The third-order valence-electron chi connectivity index (χ3n) is 0. The largest absolute Gasteiger partial charge is 0 e. The van der Waals surface area contributed by atoms with Gasteiger partial charge in [0, 0.05) is 68.9 Å². The van der Waals surface area contributed by atoms with E-state index in [1.165, 1.54) is 0 Å². The monoisotopic (exact) mass is 228 g/mol. The Balaban J connectivity index is 0. The van der Waals surface area contributed by atoms with Crippen molar-refractivity contribution in [2.45, 2.75) is 0 Å². The van der Waals surface area contributed by atoms with Gasteiger partial charge in [0.05, 0.1) is 0 Å². The molecule has 0 spiro atoms. The maximum Gasteiger partial charge on any atom is 0 e. The molecule has 0 aromatic carbocycles. The standard InChI is InChI=1S/Ce.Na.O.Ti.H. The zero-order valence-electron chi connectivity index (χ0n) is 1.41. The first-order chi connectivity index (χ1) is 0. The van der Waals surface area contributed by atoms with Crippen molar-refractivity contribution in [2.24, 2.45) is 0 Å². The molecule has 0 aliphatic carbocycles. The summed E-state index contributed by atoms with van der Waals surface area (Å²) in [4.78, 5) is 0. The average Bonchev–Trinajstić information content (AvgIpc) is 0. The molecule has 16 valence electrons. The van der Waals surface area contributed by atoms with Crippen LogP contribution in [0.5, 0.6) is 0 Å². The second-order valence-electron chi connectivity index (χ2n) is 0. The minimum atomic E-state index is 0. The van der Waals surface area contributed by atoms with Crippen LogP contribution in [0.1, 0.15) is 0 Å². The number of hydrogen-bond donors (Lipinski definition) is 0. The zero-order chi connectivity index (χ0) is 0. The van der Waals surface area contributed by atoms with Crippen LogP contribution in [0.15, 0.2) is 0 Å². The van der Waals surface area contributed by atoms with Gasteiger partial charge >= 0.3 is 29.6 Å². The van der Waals surface area contributed by atoms with Gasteiger partial charge in [0.25, 0.3) is 0 Å². The van der Waals surface area contributed by atoms with Gasteiger partial charge in [-0.2, -0.15) is 0 Å². The molecule has 0 rings (SSSR count). The topological polar surface area (TPSA) is 28.5 Å². The van der Waals surface area contributed by atoms with E-state index in [1.807, 2.05) is 0 Å². The van der Waals surface area contributed by atoms with Gasteiger partial charge in [-0.05, 0) is 0 Å².